The molecule has 25 heavy (non-hydrogen) atoms. The van der Waals surface area contributed by atoms with Crippen LogP contribution in [0.25, 0.3) is 0 Å². The summed E-state index contributed by atoms with van der Waals surface area (Å²) in [7, 11) is 0. The Kier molecular flexibility index (Phi) is 5.36. The maximum Gasteiger partial charge on any atom is 0.269 e. The van der Waals surface area contributed by atoms with Crippen molar-refractivity contribution in [2.75, 3.05) is 11.9 Å². The van der Waals surface area contributed by atoms with Crippen molar-refractivity contribution in [3.05, 3.63) is 90.0 Å². The molecule has 0 aliphatic carbocycles. The Bertz CT molecular complexity index is 852. The Hall–Kier alpha value is -3.21. The van der Waals surface area contributed by atoms with E-state index in [1.165, 1.54) is 12.1 Å². The normalized spacial score (nSPS) is 10.3. The van der Waals surface area contributed by atoms with Gasteiger partial charge in [-0.1, -0.05) is 36.4 Å². The van der Waals surface area contributed by atoms with E-state index in [1.807, 2.05) is 30.3 Å². The molecule has 2 aromatic carbocycles. The highest BCUT2D eigenvalue weighted by Crippen LogP contribution is 2.17. The third-order valence-corrected chi connectivity index (χ3v) is 3.65. The molecule has 3 aromatic rings. The molecule has 1 heterocycles. The monoisotopic (exact) mass is 335 g/mol. The zero-order valence-electron chi connectivity index (χ0n) is 13.6. The van der Waals surface area contributed by atoms with Gasteiger partial charge in [0.1, 0.15) is 11.5 Å². The second kappa shape index (κ2) is 8.06. The number of pyridine rings is 1. The molecule has 0 aliphatic rings. The summed E-state index contributed by atoms with van der Waals surface area (Å²) in [6.07, 6.45) is 2.31. The predicted molar refractivity (Wildman–Crippen MR) is 96.4 cm³/mol. The van der Waals surface area contributed by atoms with Crippen molar-refractivity contribution in [1.82, 2.24) is 10.3 Å². The van der Waals surface area contributed by atoms with E-state index < -0.39 is 0 Å². The summed E-state index contributed by atoms with van der Waals surface area (Å²) in [5.74, 6) is -0.559. The SMILES string of the molecule is O=C(NCCc1ccccc1)c1cc(Nc2cccc(F)c2)ccn1. The van der Waals surface area contributed by atoms with Crippen LogP contribution in [-0.2, 0) is 6.42 Å². The smallest absolute Gasteiger partial charge is 0.269 e. The average molecular weight is 335 g/mol. The summed E-state index contributed by atoms with van der Waals surface area (Å²) < 4.78 is 13.2. The summed E-state index contributed by atoms with van der Waals surface area (Å²) in [6, 6.07) is 19.5. The molecule has 0 fully saturated rings. The number of aromatic nitrogens is 1. The van der Waals surface area contributed by atoms with Crippen LogP contribution in [-0.4, -0.2) is 17.4 Å². The first-order chi connectivity index (χ1) is 12.2. The lowest BCUT2D eigenvalue weighted by atomic mass is 10.1. The summed E-state index contributed by atoms with van der Waals surface area (Å²) >= 11 is 0. The fraction of sp³-hybridized carbons (Fsp3) is 0.100. The van der Waals surface area contributed by atoms with Gasteiger partial charge in [-0.05, 0) is 42.3 Å². The van der Waals surface area contributed by atoms with Gasteiger partial charge in [-0.25, -0.2) is 4.39 Å². The molecule has 126 valence electrons. The van der Waals surface area contributed by atoms with Crippen LogP contribution in [0.4, 0.5) is 15.8 Å². The fourth-order valence-corrected chi connectivity index (χ4v) is 2.42. The molecular weight excluding hydrogens is 317 g/mol. The molecule has 4 nitrogen and oxygen atoms in total. The number of hydrogen-bond acceptors (Lipinski definition) is 3. The van der Waals surface area contributed by atoms with Crippen molar-refractivity contribution in [3.63, 3.8) is 0 Å². The van der Waals surface area contributed by atoms with Crippen LogP contribution in [0.5, 0.6) is 0 Å². The number of halogens is 1. The van der Waals surface area contributed by atoms with Gasteiger partial charge in [0.05, 0.1) is 0 Å². The number of benzene rings is 2. The zero-order chi connectivity index (χ0) is 17.5. The van der Waals surface area contributed by atoms with E-state index in [0.29, 0.717) is 23.6 Å². The van der Waals surface area contributed by atoms with E-state index in [4.69, 9.17) is 0 Å². The van der Waals surface area contributed by atoms with Crippen molar-refractivity contribution in [2.24, 2.45) is 0 Å². The van der Waals surface area contributed by atoms with E-state index in [9.17, 15) is 9.18 Å². The van der Waals surface area contributed by atoms with Gasteiger partial charge >= 0.3 is 0 Å². The molecule has 1 amide bonds. The van der Waals surface area contributed by atoms with E-state index >= 15 is 0 Å². The maximum atomic E-state index is 13.2. The molecule has 0 saturated heterocycles. The van der Waals surface area contributed by atoms with Crippen LogP contribution < -0.4 is 10.6 Å². The van der Waals surface area contributed by atoms with Crippen molar-refractivity contribution < 1.29 is 9.18 Å². The number of amides is 1. The number of rotatable bonds is 6. The Balaban J connectivity index is 1.59. The van der Waals surface area contributed by atoms with Crippen LogP contribution in [0.15, 0.2) is 72.9 Å². The van der Waals surface area contributed by atoms with Crippen LogP contribution in [0.1, 0.15) is 16.1 Å². The third-order valence-electron chi connectivity index (χ3n) is 3.65. The van der Waals surface area contributed by atoms with Crippen molar-refractivity contribution in [2.45, 2.75) is 6.42 Å². The molecule has 2 N–H and O–H groups in total. The molecule has 0 unspecified atom stereocenters. The minimum atomic E-state index is -0.321. The van der Waals surface area contributed by atoms with Gasteiger partial charge in [0.2, 0.25) is 0 Å². The Morgan fingerprint density at radius 3 is 2.56 bits per heavy atom. The molecule has 5 heteroatoms. The number of nitrogens with one attached hydrogen (secondary N) is 2. The number of nitrogens with zero attached hydrogens (tertiary/aromatic N) is 1. The molecule has 3 rings (SSSR count). The first-order valence-electron chi connectivity index (χ1n) is 8.01. The Morgan fingerprint density at radius 2 is 1.76 bits per heavy atom. The molecular formula is C20H18FN3O. The van der Waals surface area contributed by atoms with Crippen LogP contribution in [0.2, 0.25) is 0 Å². The van der Waals surface area contributed by atoms with Gasteiger partial charge in [-0.2, -0.15) is 0 Å². The van der Waals surface area contributed by atoms with Gasteiger partial charge in [0, 0.05) is 24.1 Å². The molecule has 1 aromatic heterocycles. The number of carbonyl (C=O) groups excluding carboxylic acids is 1. The minimum absolute atomic E-state index is 0.237. The van der Waals surface area contributed by atoms with E-state index in [2.05, 4.69) is 15.6 Å². The average Bonchev–Trinajstić information content (AvgIpc) is 2.63. The number of carbonyl (C=O) groups is 1. The maximum absolute atomic E-state index is 13.2. The number of hydrogen-bond donors (Lipinski definition) is 2. The first-order valence-corrected chi connectivity index (χ1v) is 8.01. The van der Waals surface area contributed by atoms with Gasteiger partial charge in [0.25, 0.3) is 5.91 Å². The van der Waals surface area contributed by atoms with Crippen LogP contribution >= 0.6 is 0 Å². The highest BCUT2D eigenvalue weighted by molar-refractivity contribution is 5.93. The fourth-order valence-electron chi connectivity index (χ4n) is 2.42. The van der Waals surface area contributed by atoms with Crippen molar-refractivity contribution >= 4 is 17.3 Å². The van der Waals surface area contributed by atoms with Crippen molar-refractivity contribution in [1.29, 1.82) is 0 Å². The quantitative estimate of drug-likeness (QED) is 0.717. The topological polar surface area (TPSA) is 54.0 Å². The van der Waals surface area contributed by atoms with Gasteiger partial charge < -0.3 is 10.6 Å². The second-order valence-corrected chi connectivity index (χ2v) is 5.56. The summed E-state index contributed by atoms with van der Waals surface area (Å²) in [5, 5.41) is 5.92. The van der Waals surface area contributed by atoms with Gasteiger partial charge in [-0.3, -0.25) is 9.78 Å². The third kappa shape index (κ3) is 4.88. The molecule has 0 aliphatic heterocycles. The molecule has 0 radical (unpaired) electrons. The molecule has 0 bridgehead atoms. The summed E-state index contributed by atoms with van der Waals surface area (Å²) in [4.78, 5) is 16.3. The number of anilines is 2. The largest absolute Gasteiger partial charge is 0.355 e. The molecule has 0 atom stereocenters. The molecule has 0 spiro atoms. The highest BCUT2D eigenvalue weighted by atomic mass is 19.1. The predicted octanol–water partition coefficient (Wildman–Crippen LogP) is 3.94. The Labute approximate surface area is 145 Å². The summed E-state index contributed by atoms with van der Waals surface area (Å²) in [6.45, 7) is 0.534. The van der Waals surface area contributed by atoms with Crippen LogP contribution in [0, 0.1) is 5.82 Å². The van der Waals surface area contributed by atoms with E-state index in [-0.39, 0.29) is 11.7 Å². The van der Waals surface area contributed by atoms with E-state index in [0.717, 1.165) is 12.0 Å². The van der Waals surface area contributed by atoms with E-state index in [1.54, 1.807) is 30.5 Å². The highest BCUT2D eigenvalue weighted by Gasteiger charge is 2.08. The second-order valence-electron chi connectivity index (χ2n) is 5.56. The Morgan fingerprint density at radius 1 is 0.960 bits per heavy atom. The molecule has 0 saturated carbocycles. The van der Waals surface area contributed by atoms with Gasteiger partial charge in [-0.15, -0.1) is 0 Å². The first kappa shape index (κ1) is 16.6. The van der Waals surface area contributed by atoms with Gasteiger partial charge in [0.15, 0.2) is 0 Å². The lowest BCUT2D eigenvalue weighted by Crippen LogP contribution is -2.26. The minimum Gasteiger partial charge on any atom is -0.355 e. The zero-order valence-corrected chi connectivity index (χ0v) is 13.6. The standard InChI is InChI=1S/C20H18FN3O/c21-16-7-4-8-17(13-16)24-18-10-12-22-19(14-18)20(25)23-11-9-15-5-2-1-3-6-15/h1-8,10,12-14H,9,11H2,(H,22,24)(H,23,25). The lowest BCUT2D eigenvalue weighted by Gasteiger charge is -2.09. The van der Waals surface area contributed by atoms with Crippen LogP contribution in [0.3, 0.4) is 0 Å². The van der Waals surface area contributed by atoms with Crippen molar-refractivity contribution in [3.8, 4) is 0 Å². The summed E-state index contributed by atoms with van der Waals surface area (Å²) in [5.41, 5.74) is 2.77. The lowest BCUT2D eigenvalue weighted by molar-refractivity contribution is 0.0949.